The van der Waals surface area contributed by atoms with Gasteiger partial charge in [0.1, 0.15) is 17.3 Å². The molecule has 274 valence electrons. The third-order valence-electron chi connectivity index (χ3n) is 10.8. The lowest BCUT2D eigenvalue weighted by Crippen LogP contribution is -2.84. The molecule has 3 fully saturated rings. The number of ether oxygens (including phenoxy) is 6. The van der Waals surface area contributed by atoms with Crippen molar-refractivity contribution in [2.45, 2.75) is 95.3 Å². The molecule has 1 aliphatic heterocycles. The zero-order chi connectivity index (χ0) is 37.6. The van der Waals surface area contributed by atoms with Gasteiger partial charge in [-0.15, -0.1) is 0 Å². The molecule has 0 amide bonds. The Kier molecular flexibility index (Phi) is 9.47. The summed E-state index contributed by atoms with van der Waals surface area (Å²) in [5, 5.41) is 13.0. The van der Waals surface area contributed by atoms with Gasteiger partial charge < -0.3 is 33.5 Å². The van der Waals surface area contributed by atoms with E-state index in [0.29, 0.717) is 0 Å². The Morgan fingerprint density at radius 2 is 1.12 bits per heavy atom. The number of rotatable bonds is 8. The van der Waals surface area contributed by atoms with Crippen molar-refractivity contribution in [2.75, 3.05) is 0 Å². The number of nitrogens with zero attached hydrogens (tertiary/aromatic N) is 1. The van der Waals surface area contributed by atoms with Gasteiger partial charge in [0.05, 0.1) is 27.7 Å². The summed E-state index contributed by atoms with van der Waals surface area (Å²) in [7, 11) is 0. The molecule has 6 rings (SSSR count). The highest BCUT2D eigenvalue weighted by atomic mass is 16.6. The number of pyridine rings is 1. The second-order valence-corrected chi connectivity index (χ2v) is 14.4. The number of benzene rings is 2. The summed E-state index contributed by atoms with van der Waals surface area (Å²) >= 11 is 0. The SMILES string of the molecule is CC(=O)OC1C2CC3(OC2(C)C)C(C)(O)C(OC(=O)c2ccccc2)C(OC(C)=O)C(OC(=O)c2cccnc2)C3(C)C1OC(=O)c1ccccc1. The average Bonchev–Trinajstić information content (AvgIpc) is 3.39. The highest BCUT2D eigenvalue weighted by Crippen LogP contribution is 2.69. The number of hydrogen-bond donors (Lipinski definition) is 1. The summed E-state index contributed by atoms with van der Waals surface area (Å²) < 4.78 is 37.5. The van der Waals surface area contributed by atoms with Crippen LogP contribution in [0.4, 0.5) is 0 Å². The number of carbonyl (C=O) groups excluding carboxylic acids is 5. The van der Waals surface area contributed by atoms with Gasteiger partial charge in [-0.1, -0.05) is 36.4 Å². The summed E-state index contributed by atoms with van der Waals surface area (Å²) in [6, 6.07) is 19.1. The van der Waals surface area contributed by atoms with Crippen LogP contribution in [-0.4, -0.2) is 87.3 Å². The lowest BCUT2D eigenvalue weighted by Gasteiger charge is -2.66. The van der Waals surface area contributed by atoms with E-state index in [-0.39, 0.29) is 23.1 Å². The first-order valence-electron chi connectivity index (χ1n) is 16.9. The molecular weight excluding hydrogens is 674 g/mol. The molecule has 0 radical (unpaired) electrons. The summed E-state index contributed by atoms with van der Waals surface area (Å²) in [6.07, 6.45) is -5.11. The molecule has 13 heteroatoms. The molecule has 1 spiro atoms. The number of carbonyl (C=O) groups is 5. The fraction of sp³-hybridized carbons (Fsp3) is 0.436. The summed E-state index contributed by atoms with van der Waals surface area (Å²) in [5.74, 6) is -4.86. The Hall–Kier alpha value is -5.14. The van der Waals surface area contributed by atoms with Crippen molar-refractivity contribution in [3.8, 4) is 0 Å². The van der Waals surface area contributed by atoms with Crippen LogP contribution in [0, 0.1) is 11.3 Å². The lowest BCUT2D eigenvalue weighted by molar-refractivity contribution is -0.354. The largest absolute Gasteiger partial charge is 0.458 e. The maximum absolute atomic E-state index is 14.0. The highest BCUT2D eigenvalue weighted by molar-refractivity contribution is 5.91. The molecule has 2 bridgehead atoms. The topological polar surface area (TPSA) is 174 Å². The van der Waals surface area contributed by atoms with E-state index in [0.717, 1.165) is 6.92 Å². The van der Waals surface area contributed by atoms with Gasteiger partial charge in [0.2, 0.25) is 0 Å². The molecule has 9 unspecified atom stereocenters. The van der Waals surface area contributed by atoms with Crippen LogP contribution in [0.2, 0.25) is 0 Å². The normalized spacial score (nSPS) is 32.8. The quantitative estimate of drug-likeness (QED) is 0.259. The molecule has 13 nitrogen and oxygen atoms in total. The molecular formula is C39H41NO12. The van der Waals surface area contributed by atoms with Crippen molar-refractivity contribution in [1.82, 2.24) is 4.98 Å². The van der Waals surface area contributed by atoms with Crippen molar-refractivity contribution in [3.05, 3.63) is 102 Å². The van der Waals surface area contributed by atoms with Gasteiger partial charge in [-0.2, -0.15) is 0 Å². The number of fused-ring (bicyclic) bond motifs is 1. The second-order valence-electron chi connectivity index (χ2n) is 14.4. The Morgan fingerprint density at radius 1 is 0.654 bits per heavy atom. The molecule has 1 saturated heterocycles. The van der Waals surface area contributed by atoms with E-state index in [4.69, 9.17) is 28.4 Å². The van der Waals surface area contributed by atoms with Gasteiger partial charge in [-0.3, -0.25) is 14.6 Å². The van der Waals surface area contributed by atoms with Crippen LogP contribution in [-0.2, 0) is 38.0 Å². The number of aliphatic hydroxyl groups is 1. The molecule has 3 aromatic rings. The van der Waals surface area contributed by atoms with E-state index >= 15 is 0 Å². The van der Waals surface area contributed by atoms with Gasteiger partial charge in [-0.25, -0.2) is 14.4 Å². The zero-order valence-electron chi connectivity index (χ0n) is 29.6. The van der Waals surface area contributed by atoms with Crippen LogP contribution in [0.15, 0.2) is 85.2 Å². The van der Waals surface area contributed by atoms with Crippen LogP contribution in [0.25, 0.3) is 0 Å². The standard InChI is InChI=1S/C39H41NO12/c1-22(41)47-28-27-20-39(52-36(27,3)4)37(5,30(28)49-33(43)24-14-9-7-10-15-24)31(50-35(45)26-18-13-19-40-21-26)29(48-23(2)42)32(38(39,6)46)51-34(44)25-16-11-8-12-17-25/h7-19,21,27-32,46H,20H2,1-6H3. The minimum absolute atomic E-state index is 0.0209. The second kappa shape index (κ2) is 13.4. The van der Waals surface area contributed by atoms with Crippen LogP contribution in [0.5, 0.6) is 0 Å². The van der Waals surface area contributed by atoms with Crippen LogP contribution in [0.3, 0.4) is 0 Å². The highest BCUT2D eigenvalue weighted by Gasteiger charge is 2.85. The predicted octanol–water partition coefficient (Wildman–Crippen LogP) is 4.26. The van der Waals surface area contributed by atoms with Gasteiger partial charge in [0, 0.05) is 32.2 Å². The monoisotopic (exact) mass is 715 g/mol. The Morgan fingerprint density at radius 3 is 1.62 bits per heavy atom. The van der Waals surface area contributed by atoms with Crippen molar-refractivity contribution >= 4 is 29.8 Å². The maximum atomic E-state index is 14.0. The first-order chi connectivity index (χ1) is 24.5. The molecule has 2 heterocycles. The molecule has 1 aromatic heterocycles. The van der Waals surface area contributed by atoms with Crippen molar-refractivity contribution in [3.63, 3.8) is 0 Å². The van der Waals surface area contributed by atoms with Gasteiger partial charge in [-0.05, 0) is 70.5 Å². The van der Waals surface area contributed by atoms with Crippen LogP contribution < -0.4 is 0 Å². The minimum atomic E-state index is -2.24. The van der Waals surface area contributed by atoms with E-state index < -0.39 is 88.5 Å². The van der Waals surface area contributed by atoms with Crippen molar-refractivity contribution < 1.29 is 57.5 Å². The van der Waals surface area contributed by atoms with Crippen molar-refractivity contribution in [1.29, 1.82) is 0 Å². The molecule has 9 atom stereocenters. The van der Waals surface area contributed by atoms with Crippen LogP contribution >= 0.6 is 0 Å². The third kappa shape index (κ3) is 6.01. The number of hydrogen-bond acceptors (Lipinski definition) is 13. The fourth-order valence-corrected chi connectivity index (χ4v) is 8.44. The smallest absolute Gasteiger partial charge is 0.340 e. The van der Waals surface area contributed by atoms with Gasteiger partial charge >= 0.3 is 29.8 Å². The molecule has 1 N–H and O–H groups in total. The number of esters is 5. The van der Waals surface area contributed by atoms with E-state index in [1.54, 1.807) is 57.2 Å². The molecule has 2 aliphatic carbocycles. The molecule has 2 saturated carbocycles. The average molecular weight is 716 g/mol. The van der Waals surface area contributed by atoms with E-state index in [2.05, 4.69) is 4.98 Å². The zero-order valence-corrected chi connectivity index (χ0v) is 29.6. The maximum Gasteiger partial charge on any atom is 0.340 e. The van der Waals surface area contributed by atoms with Gasteiger partial charge in [0.25, 0.3) is 0 Å². The first-order valence-corrected chi connectivity index (χ1v) is 16.9. The molecule has 3 aliphatic rings. The first kappa shape index (κ1) is 36.6. The van der Waals surface area contributed by atoms with Crippen molar-refractivity contribution in [2.24, 2.45) is 11.3 Å². The Bertz CT molecular complexity index is 1850. The Balaban J connectivity index is 1.60. The minimum Gasteiger partial charge on any atom is -0.458 e. The number of aromatic nitrogens is 1. The van der Waals surface area contributed by atoms with E-state index in [1.807, 2.05) is 0 Å². The Labute approximate surface area is 300 Å². The van der Waals surface area contributed by atoms with E-state index in [1.165, 1.54) is 62.6 Å². The molecule has 2 aromatic carbocycles. The van der Waals surface area contributed by atoms with E-state index in [9.17, 15) is 29.1 Å². The third-order valence-corrected chi connectivity index (χ3v) is 10.8. The summed E-state index contributed by atoms with van der Waals surface area (Å²) in [4.78, 5) is 71.4. The van der Waals surface area contributed by atoms with Crippen LogP contribution in [0.1, 0.15) is 79.0 Å². The van der Waals surface area contributed by atoms with Gasteiger partial charge in [0.15, 0.2) is 24.4 Å². The predicted molar refractivity (Wildman–Crippen MR) is 181 cm³/mol. The summed E-state index contributed by atoms with van der Waals surface area (Å²) in [6.45, 7) is 8.73. The fourth-order valence-electron chi connectivity index (χ4n) is 8.44. The summed E-state index contributed by atoms with van der Waals surface area (Å²) in [5.41, 5.74) is -6.85. The lowest BCUT2D eigenvalue weighted by atomic mass is 9.46. The molecule has 52 heavy (non-hydrogen) atoms.